The molecule has 0 bridgehead atoms. The van der Waals surface area contributed by atoms with Crippen molar-refractivity contribution in [3.05, 3.63) is 45.6 Å². The quantitative estimate of drug-likeness (QED) is 0.851. The highest BCUT2D eigenvalue weighted by molar-refractivity contribution is 7.10. The summed E-state index contributed by atoms with van der Waals surface area (Å²) in [5, 5.41) is 14.2. The summed E-state index contributed by atoms with van der Waals surface area (Å²) in [4.78, 5) is 2.37. The molecule has 1 aromatic heterocycles. The van der Waals surface area contributed by atoms with E-state index in [-0.39, 0.29) is 11.2 Å². The second kappa shape index (κ2) is 8.15. The molecule has 1 aliphatic rings. The summed E-state index contributed by atoms with van der Waals surface area (Å²) in [6.45, 7) is 3.82. The van der Waals surface area contributed by atoms with Gasteiger partial charge in [0.05, 0.1) is 19.3 Å². The van der Waals surface area contributed by atoms with Gasteiger partial charge in [0.2, 0.25) is 0 Å². The second-order valence-corrected chi connectivity index (χ2v) is 6.95. The van der Waals surface area contributed by atoms with Gasteiger partial charge >= 0.3 is 0 Å². The summed E-state index contributed by atoms with van der Waals surface area (Å²) in [5.41, 5.74) is 1.57. The van der Waals surface area contributed by atoms with Gasteiger partial charge in [-0.3, -0.25) is 4.90 Å². The third-order valence-electron chi connectivity index (χ3n) is 3.96. The Balaban J connectivity index is 1.79. The molecule has 0 amide bonds. The van der Waals surface area contributed by atoms with Crippen LogP contribution < -0.4 is 5.32 Å². The second-order valence-electron chi connectivity index (χ2n) is 5.39. The van der Waals surface area contributed by atoms with Crippen molar-refractivity contribution in [3.63, 3.8) is 0 Å². The number of hydrogen-bond acceptors (Lipinski definition) is 6. The Morgan fingerprint density at radius 1 is 1.29 bits per heavy atom. The molecule has 2 heterocycles. The molecule has 0 saturated carbocycles. The van der Waals surface area contributed by atoms with Crippen LogP contribution in [0, 0.1) is 11.3 Å². The number of morpholine rings is 1. The number of rotatable bonds is 5. The van der Waals surface area contributed by atoms with Gasteiger partial charge in [0, 0.05) is 24.7 Å². The Kier molecular flexibility index (Phi) is 5.93. The van der Waals surface area contributed by atoms with Crippen molar-refractivity contribution in [2.75, 3.05) is 38.2 Å². The van der Waals surface area contributed by atoms with E-state index in [1.165, 1.54) is 17.1 Å². The van der Waals surface area contributed by atoms with Crippen LogP contribution in [0.2, 0.25) is 10.2 Å². The predicted octanol–water partition coefficient (Wildman–Crippen LogP) is 3.81. The lowest BCUT2D eigenvalue weighted by Crippen LogP contribution is -2.41. The Labute approximate surface area is 154 Å². The lowest BCUT2D eigenvalue weighted by Gasteiger charge is -2.35. The molecular weight excluding hydrogens is 367 g/mol. The number of benzene rings is 1. The normalized spacial score (nSPS) is 16.5. The third-order valence-corrected chi connectivity index (χ3v) is 5.39. The molecule has 126 valence electrons. The van der Waals surface area contributed by atoms with Crippen molar-refractivity contribution in [2.45, 2.75) is 6.04 Å². The fraction of sp³-hybridized carbons (Fsp3) is 0.375. The molecule has 1 atom stereocenters. The number of aromatic nitrogens is 1. The van der Waals surface area contributed by atoms with Gasteiger partial charge in [-0.2, -0.15) is 9.64 Å². The number of anilines is 1. The molecule has 1 aliphatic heterocycles. The van der Waals surface area contributed by atoms with Crippen molar-refractivity contribution >= 4 is 39.7 Å². The molecule has 2 aromatic rings. The summed E-state index contributed by atoms with van der Waals surface area (Å²) in [6.07, 6.45) is 0. The highest BCUT2D eigenvalue weighted by Gasteiger charge is 2.23. The SMILES string of the molecule is N#Cc1c(Cl)nsc1NCC(c1ccc(Cl)cc1)N1CCOCC1. The largest absolute Gasteiger partial charge is 0.379 e. The van der Waals surface area contributed by atoms with E-state index in [1.54, 1.807) is 0 Å². The Morgan fingerprint density at radius 3 is 2.67 bits per heavy atom. The van der Waals surface area contributed by atoms with Crippen molar-refractivity contribution in [1.29, 1.82) is 5.26 Å². The minimum absolute atomic E-state index is 0.151. The minimum Gasteiger partial charge on any atom is -0.379 e. The fourth-order valence-electron chi connectivity index (χ4n) is 2.71. The van der Waals surface area contributed by atoms with E-state index < -0.39 is 0 Å². The number of nitrogens with one attached hydrogen (secondary N) is 1. The first-order chi connectivity index (χ1) is 11.7. The maximum absolute atomic E-state index is 9.20. The van der Waals surface area contributed by atoms with Gasteiger partial charge in [0.1, 0.15) is 16.6 Å². The first kappa shape index (κ1) is 17.5. The molecule has 1 saturated heterocycles. The molecule has 1 aromatic carbocycles. The number of halogens is 2. The van der Waals surface area contributed by atoms with Gasteiger partial charge in [-0.15, -0.1) is 0 Å². The predicted molar refractivity (Wildman–Crippen MR) is 96.9 cm³/mol. The summed E-state index contributed by atoms with van der Waals surface area (Å²) in [6, 6.07) is 10.1. The van der Waals surface area contributed by atoms with Crippen LogP contribution in [0.4, 0.5) is 5.00 Å². The Morgan fingerprint density at radius 2 is 2.00 bits per heavy atom. The molecule has 8 heteroatoms. The van der Waals surface area contributed by atoms with Crippen LogP contribution in [-0.2, 0) is 4.74 Å². The van der Waals surface area contributed by atoms with Crippen LogP contribution in [0.25, 0.3) is 0 Å². The highest BCUT2D eigenvalue weighted by atomic mass is 35.5. The molecule has 0 radical (unpaired) electrons. The lowest BCUT2D eigenvalue weighted by molar-refractivity contribution is 0.0187. The maximum Gasteiger partial charge on any atom is 0.162 e. The Bertz CT molecular complexity index is 723. The first-order valence-electron chi connectivity index (χ1n) is 7.55. The van der Waals surface area contributed by atoms with E-state index in [1.807, 2.05) is 24.3 Å². The molecule has 1 fully saturated rings. The number of nitrogens with zero attached hydrogens (tertiary/aromatic N) is 3. The van der Waals surface area contributed by atoms with Gasteiger partial charge in [0.25, 0.3) is 0 Å². The lowest BCUT2D eigenvalue weighted by atomic mass is 10.0. The zero-order chi connectivity index (χ0) is 16.9. The van der Waals surface area contributed by atoms with E-state index in [0.29, 0.717) is 22.1 Å². The van der Waals surface area contributed by atoms with Crippen molar-refractivity contribution < 1.29 is 4.74 Å². The van der Waals surface area contributed by atoms with Gasteiger partial charge in [-0.1, -0.05) is 35.3 Å². The molecule has 5 nitrogen and oxygen atoms in total. The average molecular weight is 383 g/mol. The van der Waals surface area contributed by atoms with Gasteiger partial charge in [-0.05, 0) is 29.2 Å². The van der Waals surface area contributed by atoms with Crippen LogP contribution >= 0.6 is 34.7 Å². The van der Waals surface area contributed by atoms with E-state index >= 15 is 0 Å². The fourth-order valence-corrected chi connectivity index (χ4v) is 3.78. The molecule has 0 aliphatic carbocycles. The number of nitriles is 1. The van der Waals surface area contributed by atoms with Gasteiger partial charge in [0.15, 0.2) is 5.15 Å². The molecule has 3 rings (SSSR count). The summed E-state index contributed by atoms with van der Waals surface area (Å²) in [5.74, 6) is 0. The monoisotopic (exact) mass is 382 g/mol. The maximum atomic E-state index is 9.20. The average Bonchev–Trinajstić information content (AvgIpc) is 2.97. The number of ether oxygens (including phenoxy) is 1. The highest BCUT2D eigenvalue weighted by Crippen LogP contribution is 2.30. The van der Waals surface area contributed by atoms with E-state index in [0.717, 1.165) is 26.3 Å². The zero-order valence-corrected chi connectivity index (χ0v) is 15.2. The topological polar surface area (TPSA) is 61.2 Å². The van der Waals surface area contributed by atoms with E-state index in [4.69, 9.17) is 27.9 Å². The number of hydrogen-bond donors (Lipinski definition) is 1. The smallest absolute Gasteiger partial charge is 0.162 e. The summed E-state index contributed by atoms with van der Waals surface area (Å²) in [7, 11) is 0. The van der Waals surface area contributed by atoms with Crippen LogP contribution in [0.3, 0.4) is 0 Å². The first-order valence-corrected chi connectivity index (χ1v) is 9.08. The van der Waals surface area contributed by atoms with Gasteiger partial charge < -0.3 is 10.1 Å². The molecule has 24 heavy (non-hydrogen) atoms. The van der Waals surface area contributed by atoms with Crippen molar-refractivity contribution in [3.8, 4) is 6.07 Å². The zero-order valence-electron chi connectivity index (χ0n) is 12.8. The minimum atomic E-state index is 0.151. The molecule has 1 N–H and O–H groups in total. The van der Waals surface area contributed by atoms with Crippen LogP contribution in [0.5, 0.6) is 0 Å². The molecule has 0 spiro atoms. The summed E-state index contributed by atoms with van der Waals surface area (Å²) >= 11 is 13.2. The van der Waals surface area contributed by atoms with Crippen molar-refractivity contribution in [2.24, 2.45) is 0 Å². The van der Waals surface area contributed by atoms with Gasteiger partial charge in [-0.25, -0.2) is 0 Å². The van der Waals surface area contributed by atoms with E-state index in [9.17, 15) is 5.26 Å². The Hall–Kier alpha value is -1.36. The summed E-state index contributed by atoms with van der Waals surface area (Å²) < 4.78 is 9.49. The van der Waals surface area contributed by atoms with Crippen LogP contribution in [0.15, 0.2) is 24.3 Å². The van der Waals surface area contributed by atoms with Crippen LogP contribution in [0.1, 0.15) is 17.2 Å². The van der Waals surface area contributed by atoms with Crippen LogP contribution in [-0.4, -0.2) is 42.1 Å². The van der Waals surface area contributed by atoms with E-state index in [2.05, 4.69) is 20.7 Å². The standard InChI is InChI=1S/C16H16Cl2N4OS/c17-12-3-1-11(2-4-12)14(22-5-7-23-8-6-22)10-20-16-13(9-19)15(18)21-24-16/h1-4,14,20H,5-8,10H2. The third kappa shape index (κ3) is 4.00. The van der Waals surface area contributed by atoms with Crippen molar-refractivity contribution in [1.82, 2.24) is 9.27 Å². The molecular formula is C16H16Cl2N4OS. The molecule has 1 unspecified atom stereocenters.